The summed E-state index contributed by atoms with van der Waals surface area (Å²) in [6, 6.07) is 0. The van der Waals surface area contributed by atoms with Crippen LogP contribution in [0, 0.1) is 5.92 Å². The molecule has 2 unspecified atom stereocenters. The van der Waals surface area contributed by atoms with Crippen molar-refractivity contribution >= 4 is 25.5 Å². The van der Waals surface area contributed by atoms with Gasteiger partial charge >= 0.3 is 19.8 Å². The summed E-state index contributed by atoms with van der Waals surface area (Å²) in [6.07, 6.45) is 22.8. The third-order valence-electron chi connectivity index (χ3n) is 8.13. The van der Waals surface area contributed by atoms with E-state index in [1.807, 2.05) is 6.08 Å². The van der Waals surface area contributed by atoms with Gasteiger partial charge in [-0.25, -0.2) is 4.57 Å². The second-order valence-electron chi connectivity index (χ2n) is 12.9. The van der Waals surface area contributed by atoms with Crippen LogP contribution in [0.1, 0.15) is 149 Å². The van der Waals surface area contributed by atoms with Gasteiger partial charge in [-0.15, -0.1) is 0 Å². The molecule has 49 heavy (non-hydrogen) atoms. The summed E-state index contributed by atoms with van der Waals surface area (Å²) in [5, 5.41) is 18.2. The molecular formula is C37H67O11P. The molecule has 0 aliphatic carbocycles. The Morgan fingerprint density at radius 3 is 1.96 bits per heavy atom. The largest absolute Gasteiger partial charge is 0.472 e. The monoisotopic (exact) mass is 718 g/mol. The summed E-state index contributed by atoms with van der Waals surface area (Å²) in [5.74, 6) is -0.162. The summed E-state index contributed by atoms with van der Waals surface area (Å²) >= 11 is 0. The van der Waals surface area contributed by atoms with Gasteiger partial charge in [0.05, 0.1) is 19.8 Å². The summed E-state index contributed by atoms with van der Waals surface area (Å²) < 4.78 is 32.4. The molecule has 0 saturated carbocycles. The van der Waals surface area contributed by atoms with E-state index in [9.17, 15) is 28.9 Å². The Hall–Kier alpha value is -1.88. The molecule has 0 bridgehead atoms. The zero-order chi connectivity index (χ0) is 36.6. The van der Waals surface area contributed by atoms with Crippen molar-refractivity contribution in [3.8, 4) is 0 Å². The molecule has 0 rings (SSSR count). The quantitative estimate of drug-likeness (QED) is 0.0194. The van der Waals surface area contributed by atoms with Gasteiger partial charge in [0.25, 0.3) is 0 Å². The number of hydrogen-bond acceptors (Lipinski definition) is 10. The minimum atomic E-state index is -4.64. The first kappa shape index (κ1) is 47.1. The molecule has 0 aromatic carbocycles. The molecule has 0 radical (unpaired) electrons. The van der Waals surface area contributed by atoms with Gasteiger partial charge in [-0.3, -0.25) is 23.4 Å². The number of rotatable bonds is 34. The summed E-state index contributed by atoms with van der Waals surface area (Å²) in [7, 11) is -4.64. The van der Waals surface area contributed by atoms with Crippen LogP contribution in [0.3, 0.4) is 0 Å². The summed E-state index contributed by atoms with van der Waals surface area (Å²) in [4.78, 5) is 46.7. The van der Waals surface area contributed by atoms with E-state index in [2.05, 4.69) is 31.4 Å². The molecule has 12 heteroatoms. The van der Waals surface area contributed by atoms with Gasteiger partial charge in [-0.1, -0.05) is 116 Å². The van der Waals surface area contributed by atoms with Crippen LogP contribution >= 0.6 is 7.82 Å². The Balaban J connectivity index is 4.49. The number of unbranched alkanes of at least 4 members (excludes halogenated alkanes) is 12. The second-order valence-corrected chi connectivity index (χ2v) is 14.3. The number of allylic oxidation sites excluding steroid dienone is 4. The molecule has 0 aromatic heterocycles. The highest BCUT2D eigenvalue weighted by Crippen LogP contribution is 2.43. The van der Waals surface area contributed by atoms with Gasteiger partial charge in [-0.05, 0) is 44.1 Å². The van der Waals surface area contributed by atoms with Crippen molar-refractivity contribution < 1.29 is 52.6 Å². The lowest BCUT2D eigenvalue weighted by Gasteiger charge is -2.20. The van der Waals surface area contributed by atoms with E-state index in [-0.39, 0.29) is 25.2 Å². The van der Waals surface area contributed by atoms with Gasteiger partial charge in [0.15, 0.2) is 11.9 Å². The second kappa shape index (κ2) is 32.1. The first-order chi connectivity index (χ1) is 23.5. The van der Waals surface area contributed by atoms with E-state index in [1.165, 1.54) is 38.5 Å². The average Bonchev–Trinajstić information content (AvgIpc) is 3.08. The molecule has 0 fully saturated rings. The number of esters is 2. The van der Waals surface area contributed by atoms with Crippen LogP contribution in [0.5, 0.6) is 0 Å². The smallest absolute Gasteiger partial charge is 0.462 e. The first-order valence-corrected chi connectivity index (χ1v) is 20.1. The predicted molar refractivity (Wildman–Crippen MR) is 192 cm³/mol. The SMILES string of the molecule is CCCCC/C=C\C=C\C(=O)CCCCCCCC(=O)O[C@H](COC(=O)CCCCCCCCC(C)CC)COP(=O)(O)OC[C@@H](O)CO. The standard InChI is InChI=1S/C37H67O11P/c1-4-6-7-8-9-14-19-24-33(39)25-20-15-12-17-22-27-37(42)48-35(31-47-49(43,44)46-29-34(40)28-38)30-45-36(41)26-21-16-11-10-13-18-23-32(3)5-2/h9,14,19,24,32,34-35,38,40H,4-8,10-13,15-18,20-23,25-31H2,1-3H3,(H,43,44)/b14-9-,24-19+/t32?,34-,35+/m0/s1. The van der Waals surface area contributed by atoms with Gasteiger partial charge in [0.2, 0.25) is 0 Å². The molecular weight excluding hydrogens is 651 g/mol. The van der Waals surface area contributed by atoms with Crippen molar-refractivity contribution in [2.45, 2.75) is 161 Å². The van der Waals surface area contributed by atoms with Gasteiger partial charge in [-0.2, -0.15) is 0 Å². The van der Waals surface area contributed by atoms with Crippen LogP contribution in [-0.2, 0) is 37.5 Å². The normalized spacial score (nSPS) is 14.9. The lowest BCUT2D eigenvalue weighted by atomic mass is 10.00. The Morgan fingerprint density at radius 2 is 1.33 bits per heavy atom. The maximum absolute atomic E-state index is 12.5. The van der Waals surface area contributed by atoms with Crippen LogP contribution in [0.25, 0.3) is 0 Å². The highest BCUT2D eigenvalue weighted by Gasteiger charge is 2.27. The number of carbonyl (C=O) groups excluding carboxylic acids is 3. The fourth-order valence-electron chi connectivity index (χ4n) is 4.77. The van der Waals surface area contributed by atoms with E-state index in [0.717, 1.165) is 63.7 Å². The number of hydrogen-bond donors (Lipinski definition) is 3. The van der Waals surface area contributed by atoms with Crippen molar-refractivity contribution in [3.63, 3.8) is 0 Å². The van der Waals surface area contributed by atoms with E-state index in [0.29, 0.717) is 19.3 Å². The van der Waals surface area contributed by atoms with Crippen molar-refractivity contribution in [3.05, 3.63) is 24.3 Å². The van der Waals surface area contributed by atoms with E-state index in [4.69, 9.17) is 19.1 Å². The highest BCUT2D eigenvalue weighted by atomic mass is 31.2. The Kier molecular flexibility index (Phi) is 30.8. The molecule has 0 aliphatic heterocycles. The number of aliphatic hydroxyl groups is 2. The van der Waals surface area contributed by atoms with Gasteiger partial charge < -0.3 is 24.6 Å². The molecule has 0 aliphatic rings. The minimum absolute atomic E-state index is 0.0982. The van der Waals surface area contributed by atoms with Crippen LogP contribution < -0.4 is 0 Å². The van der Waals surface area contributed by atoms with Gasteiger partial charge in [0.1, 0.15) is 12.7 Å². The van der Waals surface area contributed by atoms with Crippen LogP contribution in [0.15, 0.2) is 24.3 Å². The highest BCUT2D eigenvalue weighted by molar-refractivity contribution is 7.47. The maximum atomic E-state index is 12.5. The number of carbonyl (C=O) groups is 3. The summed E-state index contributed by atoms with van der Waals surface area (Å²) in [5.41, 5.74) is 0. The molecule has 0 saturated heterocycles. The fraction of sp³-hybridized carbons (Fsp3) is 0.811. The first-order valence-electron chi connectivity index (χ1n) is 18.6. The van der Waals surface area contributed by atoms with Gasteiger partial charge in [0, 0.05) is 19.3 Å². The Morgan fingerprint density at radius 1 is 0.735 bits per heavy atom. The molecule has 11 nitrogen and oxygen atoms in total. The van der Waals surface area contributed by atoms with Crippen LogP contribution in [0.2, 0.25) is 0 Å². The Bertz CT molecular complexity index is 953. The molecule has 0 aromatic rings. The topological polar surface area (TPSA) is 166 Å². The van der Waals surface area contributed by atoms with Crippen molar-refractivity contribution in [2.75, 3.05) is 26.4 Å². The average molecular weight is 719 g/mol. The summed E-state index contributed by atoms with van der Waals surface area (Å²) in [6.45, 7) is 4.42. The number of ether oxygens (including phenoxy) is 2. The van der Waals surface area contributed by atoms with E-state index in [1.54, 1.807) is 12.2 Å². The number of aliphatic hydroxyl groups excluding tert-OH is 2. The van der Waals surface area contributed by atoms with Crippen molar-refractivity contribution in [1.29, 1.82) is 0 Å². The Labute approximate surface area is 295 Å². The zero-order valence-corrected chi connectivity index (χ0v) is 31.5. The van der Waals surface area contributed by atoms with Crippen LogP contribution in [0.4, 0.5) is 0 Å². The molecule has 0 amide bonds. The predicted octanol–water partition coefficient (Wildman–Crippen LogP) is 8.09. The lowest BCUT2D eigenvalue weighted by Crippen LogP contribution is -2.29. The van der Waals surface area contributed by atoms with Crippen molar-refractivity contribution in [2.24, 2.45) is 5.92 Å². The minimum Gasteiger partial charge on any atom is -0.462 e. The van der Waals surface area contributed by atoms with Crippen molar-refractivity contribution in [1.82, 2.24) is 0 Å². The third kappa shape index (κ3) is 31.8. The molecule has 3 N–H and O–H groups in total. The molecule has 0 heterocycles. The van der Waals surface area contributed by atoms with E-state index < -0.39 is 51.8 Å². The zero-order valence-electron chi connectivity index (χ0n) is 30.6. The maximum Gasteiger partial charge on any atom is 0.472 e. The number of phosphoric ester groups is 1. The van der Waals surface area contributed by atoms with E-state index >= 15 is 0 Å². The number of phosphoric acid groups is 1. The fourth-order valence-corrected chi connectivity index (χ4v) is 5.56. The number of ketones is 1. The molecule has 4 atom stereocenters. The third-order valence-corrected chi connectivity index (χ3v) is 9.08. The molecule has 286 valence electrons. The lowest BCUT2D eigenvalue weighted by molar-refractivity contribution is -0.161. The molecule has 0 spiro atoms. The van der Waals surface area contributed by atoms with Crippen LogP contribution in [-0.4, -0.2) is 71.5 Å².